The third-order valence-electron chi connectivity index (χ3n) is 5.04. The third-order valence-corrected chi connectivity index (χ3v) is 5.04. The summed E-state index contributed by atoms with van der Waals surface area (Å²) in [5.41, 5.74) is -0.460. The van der Waals surface area contributed by atoms with Crippen LogP contribution in [0.15, 0.2) is 18.2 Å². The number of piperidine rings is 2. The van der Waals surface area contributed by atoms with E-state index in [1.54, 1.807) is 17.0 Å². The van der Waals surface area contributed by atoms with E-state index in [0.29, 0.717) is 30.9 Å². The van der Waals surface area contributed by atoms with E-state index in [0.717, 1.165) is 0 Å². The van der Waals surface area contributed by atoms with Crippen LogP contribution in [0.5, 0.6) is 0 Å². The zero-order valence-corrected chi connectivity index (χ0v) is 14.7. The molecule has 4 N–H and O–H groups in total. The Morgan fingerprint density at radius 1 is 1.33 bits per heavy atom. The van der Waals surface area contributed by atoms with Gasteiger partial charge in [0.2, 0.25) is 11.8 Å². The molecular weight excluding hydrogens is 357 g/mol. The van der Waals surface area contributed by atoms with Gasteiger partial charge in [-0.2, -0.15) is 0 Å². The van der Waals surface area contributed by atoms with Crippen molar-refractivity contribution in [3.63, 3.8) is 0 Å². The largest absolute Gasteiger partial charge is 0.481 e. The lowest BCUT2D eigenvalue weighted by atomic mass is 9.88. The molecule has 9 heteroatoms. The van der Waals surface area contributed by atoms with Crippen LogP contribution in [0, 0.1) is 5.82 Å². The van der Waals surface area contributed by atoms with Crippen LogP contribution in [0.4, 0.5) is 15.8 Å². The second-order valence-corrected chi connectivity index (χ2v) is 7.10. The first-order valence-electron chi connectivity index (χ1n) is 8.85. The standard InChI is InChI=1S/C18H22FN3O5/c19-12-9-11(20-13-2-4-15(23)21-17(13)26)1-3-14(12)22-7-5-18(27,6-8-22)10-16(24)25/h1,3,9,13,20,27H,2,4-8,10H2,(H,24,25)(H,21,23,26)/t13-/m0/s1. The normalized spacial score (nSPS) is 22.3. The molecule has 0 saturated carbocycles. The summed E-state index contributed by atoms with van der Waals surface area (Å²) in [5, 5.41) is 24.3. The van der Waals surface area contributed by atoms with E-state index in [2.05, 4.69) is 10.6 Å². The summed E-state index contributed by atoms with van der Waals surface area (Å²) in [5.74, 6) is -2.27. The topological polar surface area (TPSA) is 119 Å². The summed E-state index contributed by atoms with van der Waals surface area (Å²) < 4.78 is 14.6. The molecule has 27 heavy (non-hydrogen) atoms. The molecule has 1 atom stereocenters. The molecule has 2 aliphatic rings. The maximum absolute atomic E-state index is 14.6. The summed E-state index contributed by atoms with van der Waals surface area (Å²) in [6, 6.07) is 3.94. The van der Waals surface area contributed by atoms with Crippen LogP contribution in [0.3, 0.4) is 0 Å². The monoisotopic (exact) mass is 379 g/mol. The molecule has 8 nitrogen and oxygen atoms in total. The molecule has 1 aromatic rings. The molecule has 1 aromatic carbocycles. The maximum Gasteiger partial charge on any atom is 0.306 e. The van der Waals surface area contributed by atoms with Gasteiger partial charge in [-0.1, -0.05) is 0 Å². The van der Waals surface area contributed by atoms with Gasteiger partial charge in [0, 0.05) is 25.2 Å². The fraction of sp³-hybridized carbons (Fsp3) is 0.500. The van der Waals surface area contributed by atoms with Crippen LogP contribution in [-0.2, 0) is 14.4 Å². The molecule has 0 unspecified atom stereocenters. The number of carboxylic acids is 1. The van der Waals surface area contributed by atoms with Crippen LogP contribution in [0.2, 0.25) is 0 Å². The number of amides is 2. The summed E-state index contributed by atoms with van der Waals surface area (Å²) in [7, 11) is 0. The molecular formula is C18H22FN3O5. The van der Waals surface area contributed by atoms with E-state index >= 15 is 0 Å². The van der Waals surface area contributed by atoms with E-state index in [1.165, 1.54) is 6.07 Å². The molecule has 2 fully saturated rings. The quantitative estimate of drug-likeness (QED) is 0.560. The van der Waals surface area contributed by atoms with Gasteiger partial charge >= 0.3 is 5.97 Å². The fourth-order valence-corrected chi connectivity index (χ4v) is 3.51. The molecule has 0 spiro atoms. The molecule has 146 valence electrons. The van der Waals surface area contributed by atoms with Crippen LogP contribution in [-0.4, -0.2) is 52.7 Å². The molecule has 2 heterocycles. The number of nitrogens with one attached hydrogen (secondary N) is 2. The highest BCUT2D eigenvalue weighted by molar-refractivity contribution is 6.01. The van der Waals surface area contributed by atoms with Crippen molar-refractivity contribution in [1.82, 2.24) is 5.32 Å². The minimum Gasteiger partial charge on any atom is -0.481 e. The number of aliphatic carboxylic acids is 1. The van der Waals surface area contributed by atoms with Crippen molar-refractivity contribution in [2.75, 3.05) is 23.3 Å². The number of aliphatic hydroxyl groups is 1. The van der Waals surface area contributed by atoms with Crippen molar-refractivity contribution in [3.8, 4) is 0 Å². The van der Waals surface area contributed by atoms with Crippen LogP contribution >= 0.6 is 0 Å². The van der Waals surface area contributed by atoms with E-state index in [1.807, 2.05) is 0 Å². The van der Waals surface area contributed by atoms with Crippen molar-refractivity contribution in [1.29, 1.82) is 0 Å². The van der Waals surface area contributed by atoms with E-state index in [-0.39, 0.29) is 31.6 Å². The number of benzene rings is 1. The van der Waals surface area contributed by atoms with Crippen molar-refractivity contribution >= 4 is 29.2 Å². The average Bonchev–Trinajstić information content (AvgIpc) is 2.58. The Morgan fingerprint density at radius 3 is 2.63 bits per heavy atom. The van der Waals surface area contributed by atoms with Gasteiger partial charge in [-0.05, 0) is 37.5 Å². The molecule has 0 aliphatic carbocycles. The molecule has 0 bridgehead atoms. The van der Waals surface area contributed by atoms with Crippen molar-refractivity contribution in [2.45, 2.75) is 43.7 Å². The number of carbonyl (C=O) groups is 3. The number of carboxylic acid groups (broad SMARTS) is 1. The van der Waals surface area contributed by atoms with Crippen LogP contribution in [0.1, 0.15) is 32.1 Å². The minimum absolute atomic E-state index is 0.233. The van der Waals surface area contributed by atoms with Gasteiger partial charge in [-0.3, -0.25) is 19.7 Å². The van der Waals surface area contributed by atoms with Gasteiger partial charge in [0.1, 0.15) is 11.9 Å². The number of hydrogen-bond acceptors (Lipinski definition) is 6. The fourth-order valence-electron chi connectivity index (χ4n) is 3.51. The predicted molar refractivity (Wildman–Crippen MR) is 94.8 cm³/mol. The first-order valence-corrected chi connectivity index (χ1v) is 8.85. The second-order valence-electron chi connectivity index (χ2n) is 7.10. The van der Waals surface area contributed by atoms with Gasteiger partial charge in [-0.25, -0.2) is 4.39 Å². The highest BCUT2D eigenvalue weighted by Gasteiger charge is 2.35. The smallest absolute Gasteiger partial charge is 0.306 e. The summed E-state index contributed by atoms with van der Waals surface area (Å²) in [4.78, 5) is 35.6. The molecule has 2 amide bonds. The number of anilines is 2. The van der Waals surface area contributed by atoms with E-state index in [9.17, 15) is 23.9 Å². The summed E-state index contributed by atoms with van der Waals surface area (Å²) in [6.45, 7) is 0.696. The Labute approximate surface area is 155 Å². The molecule has 3 rings (SSSR count). The van der Waals surface area contributed by atoms with Crippen LogP contribution < -0.4 is 15.5 Å². The first kappa shape index (κ1) is 19.1. The molecule has 0 aromatic heterocycles. The maximum atomic E-state index is 14.6. The number of carbonyl (C=O) groups excluding carboxylic acids is 2. The van der Waals surface area contributed by atoms with Crippen molar-refractivity contribution in [3.05, 3.63) is 24.0 Å². The predicted octanol–water partition coefficient (Wildman–Crippen LogP) is 0.849. The molecule has 0 radical (unpaired) electrons. The number of halogens is 1. The SMILES string of the molecule is O=C(O)CC1(O)CCN(c2ccc(N[C@H]3CCC(=O)NC3=O)cc2F)CC1. The van der Waals surface area contributed by atoms with Crippen molar-refractivity contribution in [2.24, 2.45) is 0 Å². The lowest BCUT2D eigenvalue weighted by Crippen LogP contribution is -2.47. The second kappa shape index (κ2) is 7.51. The Kier molecular flexibility index (Phi) is 5.31. The number of imide groups is 1. The summed E-state index contributed by atoms with van der Waals surface area (Å²) in [6.07, 6.45) is 0.751. The zero-order valence-electron chi connectivity index (χ0n) is 14.7. The number of rotatable bonds is 5. The Morgan fingerprint density at radius 2 is 2.04 bits per heavy atom. The average molecular weight is 379 g/mol. The van der Waals surface area contributed by atoms with Gasteiger partial charge < -0.3 is 20.4 Å². The highest BCUT2D eigenvalue weighted by Crippen LogP contribution is 2.31. The Bertz CT molecular complexity index is 761. The molecule has 2 saturated heterocycles. The van der Waals surface area contributed by atoms with Gasteiger partial charge in [0.05, 0.1) is 17.7 Å². The Hall–Kier alpha value is -2.68. The zero-order chi connectivity index (χ0) is 19.6. The Balaban J connectivity index is 1.63. The summed E-state index contributed by atoms with van der Waals surface area (Å²) >= 11 is 0. The first-order chi connectivity index (χ1) is 12.8. The third kappa shape index (κ3) is 4.54. The van der Waals surface area contributed by atoms with E-state index < -0.39 is 29.3 Å². The van der Waals surface area contributed by atoms with Gasteiger partial charge in [0.15, 0.2) is 0 Å². The number of hydrogen-bond donors (Lipinski definition) is 4. The molecule has 2 aliphatic heterocycles. The van der Waals surface area contributed by atoms with E-state index in [4.69, 9.17) is 5.11 Å². The number of nitrogens with zero attached hydrogens (tertiary/aromatic N) is 1. The highest BCUT2D eigenvalue weighted by atomic mass is 19.1. The lowest BCUT2D eigenvalue weighted by molar-refractivity contribution is -0.143. The van der Waals surface area contributed by atoms with Crippen molar-refractivity contribution < 1.29 is 29.0 Å². The van der Waals surface area contributed by atoms with Crippen LogP contribution in [0.25, 0.3) is 0 Å². The van der Waals surface area contributed by atoms with Gasteiger partial charge in [-0.15, -0.1) is 0 Å². The lowest BCUT2D eigenvalue weighted by Gasteiger charge is -2.38. The minimum atomic E-state index is -1.26. The van der Waals surface area contributed by atoms with Gasteiger partial charge in [0.25, 0.3) is 0 Å².